The third kappa shape index (κ3) is 2.77. The lowest BCUT2D eigenvalue weighted by Gasteiger charge is -2.05. The fraction of sp³-hybridized carbons (Fsp3) is 0.286. The Hall–Kier alpha value is -2.48. The Morgan fingerprint density at radius 2 is 2.23 bits per heavy atom. The average molecular weight is 317 g/mol. The van der Waals surface area contributed by atoms with Crippen molar-refractivity contribution in [2.45, 2.75) is 20.4 Å². The van der Waals surface area contributed by atoms with Crippen LogP contribution in [0.15, 0.2) is 23.6 Å². The largest absolute Gasteiger partial charge is 0.477 e. The molecule has 0 radical (unpaired) electrons. The van der Waals surface area contributed by atoms with Crippen LogP contribution < -0.4 is 10.1 Å². The summed E-state index contributed by atoms with van der Waals surface area (Å²) in [6.07, 6.45) is 0. The Kier molecular flexibility index (Phi) is 4.01. The van der Waals surface area contributed by atoms with E-state index in [4.69, 9.17) is 4.74 Å². The molecule has 0 aromatic carbocycles. The number of amides is 1. The van der Waals surface area contributed by atoms with Crippen molar-refractivity contribution in [3.8, 4) is 5.88 Å². The lowest BCUT2D eigenvalue weighted by atomic mass is 10.3. The van der Waals surface area contributed by atoms with Crippen molar-refractivity contribution in [2.75, 3.05) is 6.61 Å². The summed E-state index contributed by atoms with van der Waals surface area (Å²) in [6, 6.07) is 5.44. The first-order valence-corrected chi connectivity index (χ1v) is 7.73. The number of rotatable bonds is 5. The molecular weight excluding hydrogens is 302 g/mol. The van der Waals surface area contributed by atoms with Gasteiger partial charge in [0.05, 0.1) is 18.0 Å². The summed E-state index contributed by atoms with van der Waals surface area (Å²) < 4.78 is 6.94. The van der Waals surface area contributed by atoms with Crippen molar-refractivity contribution in [3.63, 3.8) is 0 Å². The Labute approximate surface area is 130 Å². The molecule has 3 heterocycles. The van der Waals surface area contributed by atoms with Crippen LogP contribution in [0, 0.1) is 6.92 Å². The fourth-order valence-electron chi connectivity index (χ4n) is 2.00. The van der Waals surface area contributed by atoms with E-state index in [1.807, 2.05) is 25.3 Å². The van der Waals surface area contributed by atoms with Gasteiger partial charge in [0, 0.05) is 6.07 Å². The first-order chi connectivity index (χ1) is 10.7. The molecule has 0 saturated heterocycles. The molecule has 0 unspecified atom stereocenters. The highest BCUT2D eigenvalue weighted by atomic mass is 32.1. The van der Waals surface area contributed by atoms with Crippen molar-refractivity contribution < 1.29 is 9.53 Å². The molecule has 1 amide bonds. The Morgan fingerprint density at radius 3 is 2.95 bits per heavy atom. The predicted octanol–water partition coefficient (Wildman–Crippen LogP) is 1.82. The molecule has 0 saturated carbocycles. The number of nitrogens with zero attached hydrogens (tertiary/aromatic N) is 4. The quantitative estimate of drug-likeness (QED) is 0.776. The van der Waals surface area contributed by atoms with Crippen LogP contribution in [0.25, 0.3) is 5.65 Å². The molecule has 0 aliphatic rings. The average Bonchev–Trinajstić information content (AvgIpc) is 3.11. The molecule has 0 atom stereocenters. The fourth-order valence-corrected chi connectivity index (χ4v) is 2.84. The normalized spacial score (nSPS) is 10.8. The van der Waals surface area contributed by atoms with E-state index < -0.39 is 0 Å². The van der Waals surface area contributed by atoms with Gasteiger partial charge in [-0.1, -0.05) is 0 Å². The van der Waals surface area contributed by atoms with E-state index in [-0.39, 0.29) is 12.5 Å². The molecule has 22 heavy (non-hydrogen) atoms. The number of hydrogen-bond acceptors (Lipinski definition) is 6. The van der Waals surface area contributed by atoms with Gasteiger partial charge in [0.25, 0.3) is 5.91 Å². The predicted molar refractivity (Wildman–Crippen MR) is 82.2 cm³/mol. The van der Waals surface area contributed by atoms with Crippen molar-refractivity contribution in [1.29, 1.82) is 0 Å². The summed E-state index contributed by atoms with van der Waals surface area (Å²) in [5.74, 6) is 0.931. The third-order valence-electron chi connectivity index (χ3n) is 3.07. The zero-order chi connectivity index (χ0) is 15.5. The molecule has 0 aliphatic carbocycles. The van der Waals surface area contributed by atoms with Crippen LogP contribution in [0.3, 0.4) is 0 Å². The first kappa shape index (κ1) is 14.5. The monoisotopic (exact) mass is 317 g/mol. The molecule has 8 heteroatoms. The number of carbonyl (C=O) groups excluding carboxylic acids is 1. The van der Waals surface area contributed by atoms with Crippen molar-refractivity contribution in [3.05, 3.63) is 39.8 Å². The van der Waals surface area contributed by atoms with Gasteiger partial charge in [0.2, 0.25) is 5.88 Å². The molecule has 3 rings (SSSR count). The molecule has 0 fully saturated rings. The van der Waals surface area contributed by atoms with Crippen LogP contribution in [-0.4, -0.2) is 32.3 Å². The van der Waals surface area contributed by atoms with Gasteiger partial charge in [-0.2, -0.15) is 4.52 Å². The third-order valence-corrected chi connectivity index (χ3v) is 4.09. The van der Waals surface area contributed by atoms with Crippen LogP contribution in [0.5, 0.6) is 5.88 Å². The number of thiophene rings is 1. The van der Waals surface area contributed by atoms with E-state index in [1.54, 1.807) is 16.6 Å². The smallest absolute Gasteiger partial charge is 0.261 e. The number of hydrogen-bond donors (Lipinski definition) is 1. The molecule has 3 aromatic heterocycles. The number of aromatic nitrogens is 4. The van der Waals surface area contributed by atoms with E-state index in [0.717, 1.165) is 5.56 Å². The Bertz CT molecular complexity index is 811. The summed E-state index contributed by atoms with van der Waals surface area (Å²) in [5, 5.41) is 17.1. The second-order valence-electron chi connectivity index (χ2n) is 4.61. The van der Waals surface area contributed by atoms with E-state index in [9.17, 15) is 4.79 Å². The number of aryl methyl sites for hydroxylation is 1. The zero-order valence-corrected chi connectivity index (χ0v) is 13.1. The number of carbonyl (C=O) groups is 1. The maximum absolute atomic E-state index is 12.1. The molecule has 1 N–H and O–H groups in total. The van der Waals surface area contributed by atoms with Gasteiger partial charge in [-0.25, -0.2) is 0 Å². The minimum atomic E-state index is -0.120. The maximum Gasteiger partial charge on any atom is 0.261 e. The minimum Gasteiger partial charge on any atom is -0.477 e. The molecule has 0 spiro atoms. The summed E-state index contributed by atoms with van der Waals surface area (Å²) in [4.78, 5) is 12.8. The lowest BCUT2D eigenvalue weighted by Crippen LogP contribution is -2.24. The topological polar surface area (TPSA) is 81.4 Å². The van der Waals surface area contributed by atoms with Crippen LogP contribution in [0.2, 0.25) is 0 Å². The van der Waals surface area contributed by atoms with E-state index in [2.05, 4.69) is 20.6 Å². The van der Waals surface area contributed by atoms with Crippen molar-refractivity contribution >= 4 is 22.9 Å². The van der Waals surface area contributed by atoms with Gasteiger partial charge in [-0.15, -0.1) is 26.6 Å². The number of nitrogens with one attached hydrogen (secondary N) is 1. The second kappa shape index (κ2) is 6.10. The van der Waals surface area contributed by atoms with E-state index in [0.29, 0.717) is 28.8 Å². The summed E-state index contributed by atoms with van der Waals surface area (Å²) in [5.41, 5.74) is 1.57. The lowest BCUT2D eigenvalue weighted by molar-refractivity contribution is 0.0953. The van der Waals surface area contributed by atoms with Crippen molar-refractivity contribution in [2.24, 2.45) is 0 Å². The maximum atomic E-state index is 12.1. The molecule has 7 nitrogen and oxygen atoms in total. The number of fused-ring (bicyclic) bond motifs is 1. The van der Waals surface area contributed by atoms with Gasteiger partial charge < -0.3 is 10.1 Å². The highest BCUT2D eigenvalue weighted by molar-refractivity contribution is 7.12. The zero-order valence-electron chi connectivity index (χ0n) is 12.2. The highest BCUT2D eigenvalue weighted by Gasteiger charge is 2.13. The second-order valence-corrected chi connectivity index (χ2v) is 5.52. The molecule has 3 aromatic rings. The summed E-state index contributed by atoms with van der Waals surface area (Å²) in [7, 11) is 0. The molecule has 114 valence electrons. The summed E-state index contributed by atoms with van der Waals surface area (Å²) >= 11 is 1.42. The van der Waals surface area contributed by atoms with Gasteiger partial charge in [0.1, 0.15) is 0 Å². The van der Waals surface area contributed by atoms with Crippen LogP contribution >= 0.6 is 11.3 Å². The van der Waals surface area contributed by atoms with Gasteiger partial charge >= 0.3 is 0 Å². The van der Waals surface area contributed by atoms with Crippen molar-refractivity contribution in [1.82, 2.24) is 25.1 Å². The Morgan fingerprint density at radius 1 is 1.36 bits per heavy atom. The SMILES string of the molecule is CCOc1ccc2nnc(CNC(=O)c3sccc3C)n2n1. The van der Waals surface area contributed by atoms with E-state index in [1.165, 1.54) is 11.3 Å². The van der Waals surface area contributed by atoms with Gasteiger partial charge in [0.15, 0.2) is 11.5 Å². The highest BCUT2D eigenvalue weighted by Crippen LogP contribution is 2.15. The minimum absolute atomic E-state index is 0.120. The van der Waals surface area contributed by atoms with Crippen LogP contribution in [-0.2, 0) is 6.54 Å². The molecule has 0 bridgehead atoms. The van der Waals surface area contributed by atoms with Crippen LogP contribution in [0.1, 0.15) is 28.0 Å². The summed E-state index contributed by atoms with van der Waals surface area (Å²) in [6.45, 7) is 4.58. The molecular formula is C14H15N5O2S. The molecule has 0 aliphatic heterocycles. The van der Waals surface area contributed by atoms with E-state index >= 15 is 0 Å². The van der Waals surface area contributed by atoms with Gasteiger partial charge in [-0.05, 0) is 36.9 Å². The Balaban J connectivity index is 1.77. The van der Waals surface area contributed by atoms with Gasteiger partial charge in [-0.3, -0.25) is 4.79 Å². The number of ether oxygens (including phenoxy) is 1. The first-order valence-electron chi connectivity index (χ1n) is 6.85. The standard InChI is InChI=1S/C14H15N5O2S/c1-3-21-12-5-4-10-16-17-11(19(10)18-12)8-15-14(20)13-9(2)6-7-22-13/h4-7H,3,8H2,1-2H3,(H,15,20). The van der Waals surface area contributed by atoms with Crippen LogP contribution in [0.4, 0.5) is 0 Å².